The summed E-state index contributed by atoms with van der Waals surface area (Å²) in [6.07, 6.45) is 8.16. The summed E-state index contributed by atoms with van der Waals surface area (Å²) in [6, 6.07) is 9.11. The molecule has 2 heteroatoms. The molecule has 1 aromatic rings. The van der Waals surface area contributed by atoms with Gasteiger partial charge < -0.3 is 0 Å². The number of ether oxygens (including phenoxy) is 1. The zero-order valence-electron chi connectivity index (χ0n) is 17.8. The Bertz CT molecular complexity index is 453. The summed E-state index contributed by atoms with van der Waals surface area (Å²) >= 11 is -2.42. The standard InChI is InChI=1S/C11H15O.3C4H9.Sn/c1-11(2,3)9-12-10-7-5-4-6-8-10;3*1-3-4-2;/h4-7H,9H2,1-3H3;3*1,3-4H2,2H3;. The molecule has 0 amide bonds. The Hall–Kier alpha value is -0.181. The predicted octanol–water partition coefficient (Wildman–Crippen LogP) is 7.17. The quantitative estimate of drug-likeness (QED) is 0.305. The summed E-state index contributed by atoms with van der Waals surface area (Å²) in [5, 5.41) is 0. The van der Waals surface area contributed by atoms with Gasteiger partial charge in [0, 0.05) is 0 Å². The first-order valence-electron chi connectivity index (χ1n) is 10.6. The number of rotatable bonds is 12. The third-order valence-electron chi connectivity index (χ3n) is 5.15. The van der Waals surface area contributed by atoms with Gasteiger partial charge in [0.2, 0.25) is 0 Å². The molecule has 0 aliphatic rings. The molecule has 0 saturated carbocycles. The van der Waals surface area contributed by atoms with Crippen LogP contribution in [0.4, 0.5) is 0 Å². The van der Waals surface area contributed by atoms with Crippen LogP contribution in [0.2, 0.25) is 13.3 Å². The molecule has 0 aromatic heterocycles. The number of para-hydroxylation sites is 1. The molecule has 144 valence electrons. The normalized spacial score (nSPS) is 12.4. The molecule has 0 heterocycles. The molecule has 0 N–H and O–H groups in total. The molecular weight excluding hydrogens is 411 g/mol. The summed E-state index contributed by atoms with van der Waals surface area (Å²) in [5.74, 6) is 1.22. The molecule has 1 aromatic carbocycles. The molecule has 0 spiro atoms. The predicted molar refractivity (Wildman–Crippen MR) is 116 cm³/mol. The Morgan fingerprint density at radius 3 is 1.72 bits per heavy atom. The van der Waals surface area contributed by atoms with E-state index in [1.54, 1.807) is 3.58 Å². The van der Waals surface area contributed by atoms with Crippen LogP contribution >= 0.6 is 0 Å². The third-order valence-corrected chi connectivity index (χ3v) is 20.8. The van der Waals surface area contributed by atoms with Crippen molar-refractivity contribution >= 4 is 22.0 Å². The van der Waals surface area contributed by atoms with Crippen molar-refractivity contribution in [2.45, 2.75) is 93.4 Å². The van der Waals surface area contributed by atoms with Crippen LogP contribution in [-0.2, 0) is 0 Å². The zero-order chi connectivity index (χ0) is 18.8. The fraction of sp³-hybridized carbons (Fsp3) is 0.739. The molecule has 0 unspecified atom stereocenters. The van der Waals surface area contributed by atoms with Gasteiger partial charge in [-0.3, -0.25) is 0 Å². The van der Waals surface area contributed by atoms with E-state index in [4.69, 9.17) is 4.74 Å². The Morgan fingerprint density at radius 1 is 0.800 bits per heavy atom. The van der Waals surface area contributed by atoms with Crippen LogP contribution < -0.4 is 8.32 Å². The summed E-state index contributed by atoms with van der Waals surface area (Å²) in [5.41, 5.74) is 0.210. The van der Waals surface area contributed by atoms with Gasteiger partial charge in [-0.1, -0.05) is 0 Å². The van der Waals surface area contributed by atoms with Crippen LogP contribution in [0, 0.1) is 5.41 Å². The van der Waals surface area contributed by atoms with Crippen molar-refractivity contribution in [1.82, 2.24) is 0 Å². The van der Waals surface area contributed by atoms with E-state index in [1.165, 1.54) is 57.6 Å². The molecular formula is C23H42OSn. The van der Waals surface area contributed by atoms with Crippen LogP contribution in [0.3, 0.4) is 0 Å². The van der Waals surface area contributed by atoms with Crippen molar-refractivity contribution in [3.05, 3.63) is 24.3 Å². The van der Waals surface area contributed by atoms with Crippen LogP contribution in [0.1, 0.15) is 80.1 Å². The molecule has 0 saturated heterocycles. The molecule has 0 atom stereocenters. The van der Waals surface area contributed by atoms with E-state index in [9.17, 15) is 0 Å². The maximum atomic E-state index is 6.40. The summed E-state index contributed by atoms with van der Waals surface area (Å²) in [6.45, 7) is 14.6. The van der Waals surface area contributed by atoms with Gasteiger partial charge >= 0.3 is 162 Å². The second-order valence-corrected chi connectivity index (χ2v) is 22.1. The average Bonchev–Trinajstić information content (AvgIpc) is 2.59. The van der Waals surface area contributed by atoms with Crippen molar-refractivity contribution in [2.75, 3.05) is 6.61 Å². The molecule has 0 aliphatic heterocycles. The van der Waals surface area contributed by atoms with Crippen molar-refractivity contribution in [2.24, 2.45) is 5.41 Å². The Balaban J connectivity index is 3.21. The van der Waals surface area contributed by atoms with E-state index < -0.39 is 18.4 Å². The fourth-order valence-electron chi connectivity index (χ4n) is 3.65. The molecule has 1 nitrogen and oxygen atoms in total. The van der Waals surface area contributed by atoms with Crippen molar-refractivity contribution in [3.63, 3.8) is 0 Å². The van der Waals surface area contributed by atoms with Crippen molar-refractivity contribution in [3.8, 4) is 5.75 Å². The van der Waals surface area contributed by atoms with E-state index in [2.05, 4.69) is 65.8 Å². The van der Waals surface area contributed by atoms with Gasteiger partial charge in [-0.05, 0) is 0 Å². The zero-order valence-corrected chi connectivity index (χ0v) is 20.6. The van der Waals surface area contributed by atoms with Crippen LogP contribution in [0.5, 0.6) is 5.75 Å². The monoisotopic (exact) mass is 454 g/mol. The summed E-state index contributed by atoms with van der Waals surface area (Å²) in [7, 11) is 0. The Kier molecular flexibility index (Phi) is 10.5. The molecule has 0 radical (unpaired) electrons. The third kappa shape index (κ3) is 7.93. The maximum absolute atomic E-state index is 6.40. The first-order chi connectivity index (χ1) is 11.9. The second-order valence-electron chi connectivity index (χ2n) is 8.94. The minimum atomic E-state index is -2.42. The topological polar surface area (TPSA) is 9.23 Å². The fourth-order valence-corrected chi connectivity index (χ4v) is 20.1. The average molecular weight is 453 g/mol. The van der Waals surface area contributed by atoms with Crippen molar-refractivity contribution < 1.29 is 4.74 Å². The number of unbranched alkanes of at least 4 members (excludes halogenated alkanes) is 3. The minimum absolute atomic E-state index is 0.210. The number of benzene rings is 1. The van der Waals surface area contributed by atoms with E-state index in [-0.39, 0.29) is 5.41 Å². The van der Waals surface area contributed by atoms with Crippen LogP contribution in [0.25, 0.3) is 0 Å². The van der Waals surface area contributed by atoms with Gasteiger partial charge in [0.15, 0.2) is 0 Å². The number of hydrogen-bond donors (Lipinski definition) is 0. The SMILES string of the molecule is CCC[CH2][Sn]([CH2]CCC)([CH2]CCC)[c]1ccccc1OCC(C)(C)C. The van der Waals surface area contributed by atoms with Gasteiger partial charge in [-0.25, -0.2) is 0 Å². The van der Waals surface area contributed by atoms with Crippen molar-refractivity contribution in [1.29, 1.82) is 0 Å². The van der Waals surface area contributed by atoms with Gasteiger partial charge in [0.25, 0.3) is 0 Å². The van der Waals surface area contributed by atoms with Gasteiger partial charge in [-0.2, -0.15) is 0 Å². The Labute approximate surface area is 161 Å². The van der Waals surface area contributed by atoms with Gasteiger partial charge in [0.05, 0.1) is 0 Å². The van der Waals surface area contributed by atoms with Crippen LogP contribution in [0.15, 0.2) is 24.3 Å². The molecule has 0 aliphatic carbocycles. The second kappa shape index (κ2) is 11.5. The summed E-state index contributed by atoms with van der Waals surface area (Å²) in [4.78, 5) is 0. The van der Waals surface area contributed by atoms with E-state index in [0.717, 1.165) is 6.61 Å². The summed E-state index contributed by atoms with van der Waals surface area (Å²) < 4.78 is 12.6. The molecule has 25 heavy (non-hydrogen) atoms. The molecule has 0 fully saturated rings. The first kappa shape index (κ1) is 22.9. The van der Waals surface area contributed by atoms with E-state index in [0.29, 0.717) is 0 Å². The van der Waals surface area contributed by atoms with Crippen LogP contribution in [-0.4, -0.2) is 25.0 Å². The first-order valence-corrected chi connectivity index (χ1v) is 18.1. The molecule has 1 rings (SSSR count). The van der Waals surface area contributed by atoms with Gasteiger partial charge in [-0.15, -0.1) is 0 Å². The molecule has 0 bridgehead atoms. The van der Waals surface area contributed by atoms with Gasteiger partial charge in [0.1, 0.15) is 0 Å². The Morgan fingerprint density at radius 2 is 1.28 bits per heavy atom. The van der Waals surface area contributed by atoms with E-state index >= 15 is 0 Å². The van der Waals surface area contributed by atoms with E-state index in [1.807, 2.05) is 0 Å². The number of hydrogen-bond acceptors (Lipinski definition) is 1.